The first kappa shape index (κ1) is 13.5. The lowest BCUT2D eigenvalue weighted by Crippen LogP contribution is -1.99. The first-order valence-electron chi connectivity index (χ1n) is 6.03. The number of aryl methyl sites for hydroxylation is 2. The fourth-order valence-corrected chi connectivity index (χ4v) is 1.87. The van der Waals surface area contributed by atoms with Crippen LogP contribution in [0.4, 0.5) is 4.39 Å². The number of benzene rings is 1. The molecule has 0 fully saturated rings. The van der Waals surface area contributed by atoms with Crippen molar-refractivity contribution >= 4 is 0 Å². The average molecular weight is 261 g/mol. The van der Waals surface area contributed by atoms with Crippen LogP contribution in [-0.2, 0) is 6.61 Å². The summed E-state index contributed by atoms with van der Waals surface area (Å²) in [5, 5.41) is 9.03. The molecule has 0 saturated heterocycles. The van der Waals surface area contributed by atoms with Gasteiger partial charge in [-0.3, -0.25) is 0 Å². The molecule has 4 heteroatoms. The number of ether oxygens (including phenoxy) is 1. The number of hydrogen-bond acceptors (Lipinski definition) is 3. The topological polar surface area (TPSA) is 42.4 Å². The van der Waals surface area contributed by atoms with Crippen molar-refractivity contribution in [2.24, 2.45) is 0 Å². The van der Waals surface area contributed by atoms with Gasteiger partial charge in [0.15, 0.2) is 5.82 Å². The van der Waals surface area contributed by atoms with Crippen LogP contribution in [0, 0.1) is 26.6 Å². The third-order valence-corrected chi connectivity index (χ3v) is 3.08. The molecule has 0 radical (unpaired) electrons. The predicted octanol–water partition coefficient (Wildman–Crippen LogP) is 3.43. The summed E-state index contributed by atoms with van der Waals surface area (Å²) in [5.41, 5.74) is 3.23. The van der Waals surface area contributed by atoms with E-state index in [1.165, 1.54) is 12.3 Å². The van der Waals surface area contributed by atoms with E-state index in [1.807, 2.05) is 32.9 Å². The van der Waals surface area contributed by atoms with Gasteiger partial charge >= 0.3 is 0 Å². The molecule has 0 aliphatic heterocycles. The molecule has 0 unspecified atom stereocenters. The quantitative estimate of drug-likeness (QED) is 0.920. The number of aliphatic hydroxyl groups is 1. The predicted molar refractivity (Wildman–Crippen MR) is 70.8 cm³/mol. The molecular formula is C15H16FNO2. The largest absolute Gasteiger partial charge is 0.436 e. The molecule has 1 aromatic heterocycles. The number of hydrogen-bond donors (Lipinski definition) is 1. The summed E-state index contributed by atoms with van der Waals surface area (Å²) in [6.45, 7) is 5.46. The third kappa shape index (κ3) is 2.74. The summed E-state index contributed by atoms with van der Waals surface area (Å²) in [6, 6.07) is 5.31. The van der Waals surface area contributed by atoms with Crippen molar-refractivity contribution in [3.8, 4) is 11.6 Å². The van der Waals surface area contributed by atoms with Crippen molar-refractivity contribution in [2.75, 3.05) is 0 Å². The molecular weight excluding hydrogens is 245 g/mol. The van der Waals surface area contributed by atoms with Crippen molar-refractivity contribution in [3.05, 3.63) is 52.5 Å². The molecule has 0 aliphatic rings. The minimum absolute atomic E-state index is 0.111. The molecule has 0 saturated carbocycles. The summed E-state index contributed by atoms with van der Waals surface area (Å²) >= 11 is 0. The number of nitrogens with zero attached hydrogens (tertiary/aromatic N) is 1. The highest BCUT2D eigenvalue weighted by atomic mass is 19.1. The van der Waals surface area contributed by atoms with E-state index in [0.717, 1.165) is 16.7 Å². The van der Waals surface area contributed by atoms with E-state index >= 15 is 0 Å². The maximum atomic E-state index is 13.9. The lowest BCUT2D eigenvalue weighted by molar-refractivity contribution is 0.273. The van der Waals surface area contributed by atoms with E-state index in [0.29, 0.717) is 5.75 Å². The smallest absolute Gasteiger partial charge is 0.256 e. The molecule has 2 aromatic rings. The molecule has 0 aliphatic carbocycles. The Bertz CT molecular complexity index is 611. The van der Waals surface area contributed by atoms with Crippen molar-refractivity contribution in [1.82, 2.24) is 4.98 Å². The standard InChI is InChI=1S/C15H16FNO2/c1-9-6-10(2)11(3)13(7-9)19-15-14(16)12(8-18)4-5-17-15/h4-7,18H,8H2,1-3H3. The van der Waals surface area contributed by atoms with Gasteiger partial charge in [0.2, 0.25) is 0 Å². The van der Waals surface area contributed by atoms with Crippen molar-refractivity contribution in [2.45, 2.75) is 27.4 Å². The van der Waals surface area contributed by atoms with Crippen LogP contribution in [0.1, 0.15) is 22.3 Å². The third-order valence-electron chi connectivity index (χ3n) is 3.08. The normalized spacial score (nSPS) is 10.6. The zero-order chi connectivity index (χ0) is 14.0. The molecule has 0 atom stereocenters. The van der Waals surface area contributed by atoms with Gasteiger partial charge in [0, 0.05) is 11.8 Å². The second-order valence-corrected chi connectivity index (χ2v) is 4.55. The Morgan fingerprint density at radius 1 is 1.26 bits per heavy atom. The summed E-state index contributed by atoms with van der Waals surface area (Å²) in [6.07, 6.45) is 1.42. The molecule has 100 valence electrons. The van der Waals surface area contributed by atoms with Gasteiger partial charge in [-0.25, -0.2) is 9.37 Å². The van der Waals surface area contributed by atoms with Gasteiger partial charge in [0.1, 0.15) is 5.75 Å². The lowest BCUT2D eigenvalue weighted by atomic mass is 10.1. The summed E-state index contributed by atoms with van der Waals surface area (Å²) in [5.74, 6) is -0.151. The van der Waals surface area contributed by atoms with E-state index < -0.39 is 5.82 Å². The summed E-state index contributed by atoms with van der Waals surface area (Å²) < 4.78 is 19.5. The molecule has 1 heterocycles. The second kappa shape index (κ2) is 5.36. The molecule has 0 amide bonds. The maximum absolute atomic E-state index is 13.9. The second-order valence-electron chi connectivity index (χ2n) is 4.55. The fourth-order valence-electron chi connectivity index (χ4n) is 1.87. The maximum Gasteiger partial charge on any atom is 0.256 e. The van der Waals surface area contributed by atoms with Crippen LogP contribution in [0.2, 0.25) is 0 Å². The average Bonchev–Trinajstić information content (AvgIpc) is 2.37. The Balaban J connectivity index is 2.42. The van der Waals surface area contributed by atoms with Crippen molar-refractivity contribution in [3.63, 3.8) is 0 Å². The highest BCUT2D eigenvalue weighted by Gasteiger charge is 2.13. The van der Waals surface area contributed by atoms with Gasteiger partial charge < -0.3 is 9.84 Å². The van der Waals surface area contributed by atoms with Gasteiger partial charge in [-0.2, -0.15) is 0 Å². The van der Waals surface area contributed by atoms with Crippen LogP contribution in [0.25, 0.3) is 0 Å². The van der Waals surface area contributed by atoms with E-state index in [-0.39, 0.29) is 18.1 Å². The van der Waals surface area contributed by atoms with Crippen molar-refractivity contribution in [1.29, 1.82) is 0 Å². The zero-order valence-corrected chi connectivity index (χ0v) is 11.2. The molecule has 0 spiro atoms. The fraction of sp³-hybridized carbons (Fsp3) is 0.267. The molecule has 2 rings (SSSR count). The van der Waals surface area contributed by atoms with Gasteiger partial charge in [0.05, 0.1) is 6.61 Å². The van der Waals surface area contributed by atoms with Gasteiger partial charge in [-0.1, -0.05) is 6.07 Å². The van der Waals surface area contributed by atoms with E-state index in [4.69, 9.17) is 9.84 Å². The minimum atomic E-state index is -0.622. The zero-order valence-electron chi connectivity index (χ0n) is 11.2. The van der Waals surface area contributed by atoms with E-state index in [1.54, 1.807) is 0 Å². The molecule has 3 nitrogen and oxygen atoms in total. The number of aliphatic hydroxyl groups excluding tert-OH is 1. The number of halogens is 1. The Morgan fingerprint density at radius 2 is 2.00 bits per heavy atom. The van der Waals surface area contributed by atoms with Gasteiger partial charge in [0.25, 0.3) is 5.88 Å². The first-order valence-corrected chi connectivity index (χ1v) is 6.03. The van der Waals surface area contributed by atoms with Crippen LogP contribution < -0.4 is 4.74 Å². The van der Waals surface area contributed by atoms with Gasteiger partial charge in [-0.05, 0) is 49.6 Å². The highest BCUT2D eigenvalue weighted by molar-refractivity contribution is 5.44. The van der Waals surface area contributed by atoms with E-state index in [2.05, 4.69) is 4.98 Å². The Morgan fingerprint density at radius 3 is 2.68 bits per heavy atom. The van der Waals surface area contributed by atoms with Gasteiger partial charge in [-0.15, -0.1) is 0 Å². The summed E-state index contributed by atoms with van der Waals surface area (Å²) in [4.78, 5) is 3.87. The minimum Gasteiger partial charge on any atom is -0.436 e. The molecule has 0 bridgehead atoms. The highest BCUT2D eigenvalue weighted by Crippen LogP contribution is 2.29. The molecule has 1 aromatic carbocycles. The Hall–Kier alpha value is -1.94. The number of aromatic nitrogens is 1. The number of rotatable bonds is 3. The van der Waals surface area contributed by atoms with Crippen molar-refractivity contribution < 1.29 is 14.2 Å². The van der Waals surface area contributed by atoms with Crippen LogP contribution in [0.15, 0.2) is 24.4 Å². The molecule has 19 heavy (non-hydrogen) atoms. The first-order chi connectivity index (χ1) is 9.02. The van der Waals surface area contributed by atoms with Crippen LogP contribution in [0.3, 0.4) is 0 Å². The SMILES string of the molecule is Cc1cc(C)c(C)c(Oc2nccc(CO)c2F)c1. The van der Waals surface area contributed by atoms with Crippen LogP contribution >= 0.6 is 0 Å². The van der Waals surface area contributed by atoms with E-state index in [9.17, 15) is 4.39 Å². The Labute approximate surface area is 111 Å². The number of pyridine rings is 1. The Kier molecular flexibility index (Phi) is 3.81. The van der Waals surface area contributed by atoms with Crippen LogP contribution in [-0.4, -0.2) is 10.1 Å². The van der Waals surface area contributed by atoms with Crippen LogP contribution in [0.5, 0.6) is 11.6 Å². The monoisotopic (exact) mass is 261 g/mol. The lowest BCUT2D eigenvalue weighted by Gasteiger charge is -2.12. The molecule has 1 N–H and O–H groups in total. The summed E-state index contributed by atoms with van der Waals surface area (Å²) in [7, 11) is 0.